The summed E-state index contributed by atoms with van der Waals surface area (Å²) >= 11 is 0. The first-order valence-corrected chi connectivity index (χ1v) is 4.80. The maximum Gasteiger partial charge on any atom is 0.353 e. The van der Waals surface area contributed by atoms with Crippen LogP contribution in [0.4, 0.5) is 0 Å². The zero-order valence-electron chi connectivity index (χ0n) is 9.27. The fourth-order valence-corrected chi connectivity index (χ4v) is 1.70. The summed E-state index contributed by atoms with van der Waals surface area (Å²) in [5.41, 5.74) is 3.37. The summed E-state index contributed by atoms with van der Waals surface area (Å²) in [5.74, 6) is -1.02. The molecule has 0 atom stereocenters. The van der Waals surface area contributed by atoms with E-state index in [0.717, 1.165) is 17.0 Å². The maximum atomic E-state index is 10.7. The van der Waals surface area contributed by atoms with Crippen molar-refractivity contribution in [1.82, 2.24) is 20.0 Å². The molecule has 0 saturated heterocycles. The van der Waals surface area contributed by atoms with Crippen LogP contribution in [-0.4, -0.2) is 31.1 Å². The molecule has 84 valence electrons. The Labute approximate surface area is 91.9 Å². The Morgan fingerprint density at radius 1 is 1.50 bits per heavy atom. The van der Waals surface area contributed by atoms with E-state index in [1.165, 1.54) is 6.07 Å². The number of hydrogen-bond donors (Lipinski definition) is 2. The van der Waals surface area contributed by atoms with Crippen molar-refractivity contribution in [3.63, 3.8) is 0 Å². The van der Waals surface area contributed by atoms with Gasteiger partial charge in [-0.15, -0.1) is 0 Å². The van der Waals surface area contributed by atoms with Crippen LogP contribution in [0, 0.1) is 13.8 Å². The Hall–Kier alpha value is -2.11. The van der Waals surface area contributed by atoms with Gasteiger partial charge in [-0.1, -0.05) is 0 Å². The van der Waals surface area contributed by atoms with Gasteiger partial charge in [0, 0.05) is 18.3 Å². The Morgan fingerprint density at radius 2 is 2.19 bits per heavy atom. The molecule has 0 saturated carbocycles. The van der Waals surface area contributed by atoms with E-state index in [2.05, 4.69) is 15.3 Å². The second-order valence-corrected chi connectivity index (χ2v) is 3.64. The topological polar surface area (TPSA) is 83.8 Å². The van der Waals surface area contributed by atoms with Crippen LogP contribution in [0.2, 0.25) is 0 Å². The molecule has 16 heavy (non-hydrogen) atoms. The summed E-state index contributed by atoms with van der Waals surface area (Å²) in [7, 11) is 1.84. The summed E-state index contributed by atoms with van der Waals surface area (Å²) in [6.07, 6.45) is 0. The van der Waals surface area contributed by atoms with E-state index in [0.29, 0.717) is 5.69 Å². The number of aryl methyl sites for hydroxylation is 2. The Morgan fingerprint density at radius 3 is 2.62 bits per heavy atom. The lowest BCUT2D eigenvalue weighted by Gasteiger charge is -1.96. The zero-order valence-corrected chi connectivity index (χ0v) is 9.27. The fourth-order valence-electron chi connectivity index (χ4n) is 1.70. The second kappa shape index (κ2) is 3.48. The quantitative estimate of drug-likeness (QED) is 0.794. The molecule has 2 aromatic heterocycles. The molecule has 0 spiro atoms. The lowest BCUT2D eigenvalue weighted by molar-refractivity contribution is 0.0690. The molecule has 0 bridgehead atoms. The molecule has 0 aliphatic rings. The Kier molecular flexibility index (Phi) is 2.26. The van der Waals surface area contributed by atoms with Gasteiger partial charge in [-0.2, -0.15) is 10.2 Å². The Bertz CT molecular complexity index is 553. The van der Waals surface area contributed by atoms with Crippen molar-refractivity contribution in [3.05, 3.63) is 23.1 Å². The molecule has 0 aromatic carbocycles. The third-order valence-corrected chi connectivity index (χ3v) is 2.57. The molecule has 6 heteroatoms. The van der Waals surface area contributed by atoms with Crippen LogP contribution in [0.5, 0.6) is 0 Å². The molecule has 2 heterocycles. The average Bonchev–Trinajstić information content (AvgIpc) is 2.74. The van der Waals surface area contributed by atoms with Gasteiger partial charge in [0.1, 0.15) is 5.69 Å². The van der Waals surface area contributed by atoms with Crippen LogP contribution in [0.25, 0.3) is 11.3 Å². The average molecular weight is 220 g/mol. The fraction of sp³-hybridized carbons (Fsp3) is 0.300. The van der Waals surface area contributed by atoms with Crippen LogP contribution in [-0.2, 0) is 7.05 Å². The van der Waals surface area contributed by atoms with Crippen LogP contribution in [0.3, 0.4) is 0 Å². The third-order valence-electron chi connectivity index (χ3n) is 2.57. The predicted molar refractivity (Wildman–Crippen MR) is 57.2 cm³/mol. The number of aromatic nitrogens is 4. The van der Waals surface area contributed by atoms with Crippen LogP contribution in [0.15, 0.2) is 6.07 Å². The van der Waals surface area contributed by atoms with Gasteiger partial charge in [0.2, 0.25) is 0 Å². The van der Waals surface area contributed by atoms with Gasteiger partial charge in [0.25, 0.3) is 0 Å². The van der Waals surface area contributed by atoms with Gasteiger partial charge < -0.3 is 5.11 Å². The number of hydrogen-bond acceptors (Lipinski definition) is 3. The van der Waals surface area contributed by atoms with Crippen molar-refractivity contribution in [2.45, 2.75) is 13.8 Å². The minimum Gasteiger partial charge on any atom is -0.477 e. The number of carboxylic acids is 1. The van der Waals surface area contributed by atoms with E-state index < -0.39 is 5.97 Å². The van der Waals surface area contributed by atoms with E-state index >= 15 is 0 Å². The molecule has 0 radical (unpaired) electrons. The predicted octanol–water partition coefficient (Wildman–Crippen LogP) is 1.13. The summed E-state index contributed by atoms with van der Waals surface area (Å²) in [4.78, 5) is 10.7. The molecule has 0 aliphatic carbocycles. The molecule has 0 unspecified atom stereocenters. The van der Waals surface area contributed by atoms with Gasteiger partial charge in [-0.3, -0.25) is 9.78 Å². The maximum absolute atomic E-state index is 10.7. The van der Waals surface area contributed by atoms with Gasteiger partial charge in [-0.05, 0) is 19.9 Å². The van der Waals surface area contributed by atoms with E-state index in [1.54, 1.807) is 4.68 Å². The Balaban J connectivity index is 2.54. The minimum absolute atomic E-state index is 0.0812. The SMILES string of the molecule is Cc1nn(C)c(C)c1-c1cc(C(=O)O)[nH]n1. The monoisotopic (exact) mass is 220 g/mol. The summed E-state index contributed by atoms with van der Waals surface area (Å²) in [5, 5.41) is 19.5. The van der Waals surface area contributed by atoms with Crippen LogP contribution >= 0.6 is 0 Å². The van der Waals surface area contributed by atoms with Crippen molar-refractivity contribution >= 4 is 5.97 Å². The van der Waals surface area contributed by atoms with Crippen LogP contribution < -0.4 is 0 Å². The molecule has 0 aliphatic heterocycles. The molecule has 6 nitrogen and oxygen atoms in total. The third kappa shape index (κ3) is 1.48. The highest BCUT2D eigenvalue weighted by Crippen LogP contribution is 2.24. The number of carbonyl (C=O) groups is 1. The smallest absolute Gasteiger partial charge is 0.353 e. The minimum atomic E-state index is -1.02. The van der Waals surface area contributed by atoms with Gasteiger partial charge in [0.15, 0.2) is 0 Å². The van der Waals surface area contributed by atoms with Crippen molar-refractivity contribution in [2.75, 3.05) is 0 Å². The summed E-state index contributed by atoms with van der Waals surface area (Å²) < 4.78 is 1.75. The number of nitrogens with zero attached hydrogens (tertiary/aromatic N) is 3. The number of H-pyrrole nitrogens is 1. The standard InChI is InChI=1S/C10H12N4O2/c1-5-9(6(2)14(3)13-5)7-4-8(10(15)16)12-11-7/h4H,1-3H3,(H,11,12)(H,15,16). The van der Waals surface area contributed by atoms with Crippen molar-refractivity contribution in [2.24, 2.45) is 7.05 Å². The van der Waals surface area contributed by atoms with Crippen LogP contribution in [0.1, 0.15) is 21.9 Å². The van der Waals surface area contributed by atoms with E-state index in [9.17, 15) is 4.79 Å². The number of aromatic amines is 1. The normalized spacial score (nSPS) is 10.7. The molecule has 2 N–H and O–H groups in total. The largest absolute Gasteiger partial charge is 0.477 e. The van der Waals surface area contributed by atoms with E-state index in [4.69, 9.17) is 5.11 Å². The lowest BCUT2D eigenvalue weighted by atomic mass is 10.1. The first-order valence-electron chi connectivity index (χ1n) is 4.80. The van der Waals surface area contributed by atoms with Gasteiger partial charge >= 0.3 is 5.97 Å². The number of rotatable bonds is 2. The van der Waals surface area contributed by atoms with Crippen molar-refractivity contribution in [1.29, 1.82) is 0 Å². The second-order valence-electron chi connectivity index (χ2n) is 3.64. The van der Waals surface area contributed by atoms with Crippen molar-refractivity contribution < 1.29 is 9.90 Å². The van der Waals surface area contributed by atoms with Gasteiger partial charge in [0.05, 0.1) is 11.4 Å². The molecular weight excluding hydrogens is 208 g/mol. The van der Waals surface area contributed by atoms with E-state index in [1.807, 2.05) is 20.9 Å². The van der Waals surface area contributed by atoms with E-state index in [-0.39, 0.29) is 5.69 Å². The highest BCUT2D eigenvalue weighted by molar-refractivity contribution is 5.87. The molecular formula is C10H12N4O2. The molecule has 0 fully saturated rings. The molecule has 2 rings (SSSR count). The van der Waals surface area contributed by atoms with Gasteiger partial charge in [-0.25, -0.2) is 4.79 Å². The molecule has 2 aromatic rings. The lowest BCUT2D eigenvalue weighted by Crippen LogP contribution is -1.95. The van der Waals surface area contributed by atoms with Crippen molar-refractivity contribution in [3.8, 4) is 11.3 Å². The number of aromatic carboxylic acids is 1. The first kappa shape index (κ1) is 10.4. The summed E-state index contributed by atoms with van der Waals surface area (Å²) in [6.45, 7) is 3.79. The first-order chi connectivity index (χ1) is 7.50. The molecule has 0 amide bonds. The number of carboxylic acid groups (broad SMARTS) is 1. The zero-order chi connectivity index (χ0) is 11.9. The number of nitrogens with one attached hydrogen (secondary N) is 1. The highest BCUT2D eigenvalue weighted by atomic mass is 16.4. The summed E-state index contributed by atoms with van der Waals surface area (Å²) in [6, 6.07) is 1.51. The highest BCUT2D eigenvalue weighted by Gasteiger charge is 2.16.